The number of amides is 1. The van der Waals surface area contributed by atoms with Crippen molar-refractivity contribution in [3.8, 4) is 0 Å². The monoisotopic (exact) mass is 318 g/mol. The fourth-order valence-electron chi connectivity index (χ4n) is 1.90. The van der Waals surface area contributed by atoms with E-state index < -0.39 is 0 Å². The molecule has 2 N–H and O–H groups in total. The molecule has 1 aromatic carbocycles. The first kappa shape index (κ1) is 16.2. The smallest absolute Gasteiger partial charge is 0.270 e. The highest BCUT2D eigenvalue weighted by Crippen LogP contribution is 2.22. The molecule has 2 rings (SSSR count). The molecular weight excluding hydrogens is 300 g/mol. The number of halogens is 1. The summed E-state index contributed by atoms with van der Waals surface area (Å²) in [7, 11) is 0. The predicted octanol–water partition coefficient (Wildman–Crippen LogP) is 3.63. The van der Waals surface area contributed by atoms with Gasteiger partial charge in [0.2, 0.25) is 0 Å². The molecule has 0 aliphatic carbocycles. The molecule has 0 saturated carbocycles. The van der Waals surface area contributed by atoms with Gasteiger partial charge in [-0.25, -0.2) is 9.97 Å². The van der Waals surface area contributed by atoms with Crippen molar-refractivity contribution in [2.24, 2.45) is 0 Å². The number of aryl methyl sites for hydroxylation is 2. The minimum Gasteiger partial charge on any atom is -0.351 e. The van der Waals surface area contributed by atoms with Gasteiger partial charge in [0.25, 0.3) is 5.91 Å². The van der Waals surface area contributed by atoms with Gasteiger partial charge in [-0.3, -0.25) is 4.79 Å². The van der Waals surface area contributed by atoms with Gasteiger partial charge in [-0.05, 0) is 38.0 Å². The Morgan fingerprint density at radius 3 is 2.68 bits per heavy atom. The van der Waals surface area contributed by atoms with E-state index in [1.54, 1.807) is 13.0 Å². The van der Waals surface area contributed by atoms with E-state index >= 15 is 0 Å². The first-order valence-electron chi connectivity index (χ1n) is 7.16. The molecule has 0 radical (unpaired) electrons. The number of aromatic nitrogens is 2. The third-order valence-corrected chi connectivity index (χ3v) is 3.46. The average molecular weight is 319 g/mol. The zero-order valence-corrected chi connectivity index (χ0v) is 13.7. The summed E-state index contributed by atoms with van der Waals surface area (Å²) in [4.78, 5) is 20.5. The van der Waals surface area contributed by atoms with E-state index in [9.17, 15) is 4.79 Å². The molecule has 0 aliphatic rings. The van der Waals surface area contributed by atoms with Crippen LogP contribution >= 0.6 is 11.6 Å². The lowest BCUT2D eigenvalue weighted by molar-refractivity contribution is 0.0948. The molecule has 2 aromatic rings. The van der Waals surface area contributed by atoms with E-state index in [1.807, 2.05) is 32.0 Å². The standard InChI is InChI=1S/C16H19ClN4O/c1-4-7-18-16(22)14-9-15(20-11(3)19-14)21-12-6-5-10(2)13(17)8-12/h5-6,8-9H,4,7H2,1-3H3,(H,18,22)(H,19,20,21). The molecule has 6 heteroatoms. The van der Waals surface area contributed by atoms with Crippen LogP contribution in [0.3, 0.4) is 0 Å². The van der Waals surface area contributed by atoms with Crippen molar-refractivity contribution in [1.82, 2.24) is 15.3 Å². The summed E-state index contributed by atoms with van der Waals surface area (Å²) in [5.74, 6) is 0.899. The Morgan fingerprint density at radius 2 is 2.00 bits per heavy atom. The zero-order chi connectivity index (χ0) is 16.1. The number of carbonyl (C=O) groups excluding carboxylic acids is 1. The van der Waals surface area contributed by atoms with Crippen molar-refractivity contribution in [3.63, 3.8) is 0 Å². The second-order valence-corrected chi connectivity index (χ2v) is 5.44. The summed E-state index contributed by atoms with van der Waals surface area (Å²) in [5, 5.41) is 6.63. The number of hydrogen-bond donors (Lipinski definition) is 2. The Kier molecular flexibility index (Phi) is 5.33. The molecule has 0 unspecified atom stereocenters. The van der Waals surface area contributed by atoms with E-state index in [4.69, 9.17) is 11.6 Å². The van der Waals surface area contributed by atoms with Crippen LogP contribution in [0.1, 0.15) is 35.2 Å². The number of anilines is 2. The van der Waals surface area contributed by atoms with Crippen LogP contribution in [0.4, 0.5) is 11.5 Å². The van der Waals surface area contributed by atoms with Gasteiger partial charge in [-0.2, -0.15) is 0 Å². The number of carbonyl (C=O) groups is 1. The highest BCUT2D eigenvalue weighted by Gasteiger charge is 2.10. The van der Waals surface area contributed by atoms with Gasteiger partial charge >= 0.3 is 0 Å². The van der Waals surface area contributed by atoms with Crippen LogP contribution in [0.25, 0.3) is 0 Å². The molecule has 0 atom stereocenters. The van der Waals surface area contributed by atoms with Crippen LogP contribution in [0.15, 0.2) is 24.3 Å². The van der Waals surface area contributed by atoms with Crippen molar-refractivity contribution in [1.29, 1.82) is 0 Å². The van der Waals surface area contributed by atoms with Gasteiger partial charge < -0.3 is 10.6 Å². The van der Waals surface area contributed by atoms with Crippen molar-refractivity contribution >= 4 is 29.0 Å². The summed E-state index contributed by atoms with van der Waals surface area (Å²) < 4.78 is 0. The second-order valence-electron chi connectivity index (χ2n) is 5.03. The van der Waals surface area contributed by atoms with Crippen LogP contribution < -0.4 is 10.6 Å². The fraction of sp³-hybridized carbons (Fsp3) is 0.312. The largest absolute Gasteiger partial charge is 0.351 e. The maximum atomic E-state index is 12.0. The van der Waals surface area contributed by atoms with Crippen LogP contribution in [-0.4, -0.2) is 22.4 Å². The predicted molar refractivity (Wildman–Crippen MR) is 88.9 cm³/mol. The lowest BCUT2D eigenvalue weighted by atomic mass is 10.2. The van der Waals surface area contributed by atoms with E-state index in [0.717, 1.165) is 17.7 Å². The average Bonchev–Trinajstić information content (AvgIpc) is 2.48. The second kappa shape index (κ2) is 7.22. The number of rotatable bonds is 5. The third kappa shape index (κ3) is 4.18. The molecular formula is C16H19ClN4O. The van der Waals surface area contributed by atoms with Gasteiger partial charge in [0.15, 0.2) is 0 Å². The normalized spacial score (nSPS) is 10.4. The minimum atomic E-state index is -0.197. The lowest BCUT2D eigenvalue weighted by Crippen LogP contribution is -2.25. The van der Waals surface area contributed by atoms with Crippen molar-refractivity contribution < 1.29 is 4.79 Å². The Hall–Kier alpha value is -2.14. The highest BCUT2D eigenvalue weighted by molar-refractivity contribution is 6.31. The molecule has 1 amide bonds. The van der Waals surface area contributed by atoms with E-state index in [2.05, 4.69) is 20.6 Å². The van der Waals surface area contributed by atoms with Gasteiger partial charge in [0.1, 0.15) is 17.3 Å². The van der Waals surface area contributed by atoms with Gasteiger partial charge in [0, 0.05) is 23.3 Å². The summed E-state index contributed by atoms with van der Waals surface area (Å²) in [5.41, 5.74) is 2.17. The van der Waals surface area contributed by atoms with Gasteiger partial charge in [-0.15, -0.1) is 0 Å². The number of nitrogens with zero attached hydrogens (tertiary/aromatic N) is 2. The topological polar surface area (TPSA) is 66.9 Å². The first-order chi connectivity index (χ1) is 10.5. The van der Waals surface area contributed by atoms with Crippen LogP contribution in [-0.2, 0) is 0 Å². The Balaban J connectivity index is 2.22. The molecule has 0 fully saturated rings. The number of nitrogens with one attached hydrogen (secondary N) is 2. The van der Waals surface area contributed by atoms with Crippen LogP contribution in [0.5, 0.6) is 0 Å². The number of hydrogen-bond acceptors (Lipinski definition) is 4. The summed E-state index contributed by atoms with van der Waals surface area (Å²) in [6.07, 6.45) is 0.878. The Bertz CT molecular complexity index is 688. The quantitative estimate of drug-likeness (QED) is 0.883. The van der Waals surface area contributed by atoms with Crippen molar-refractivity contribution in [2.75, 3.05) is 11.9 Å². The molecule has 5 nitrogen and oxygen atoms in total. The summed E-state index contributed by atoms with van der Waals surface area (Å²) in [6, 6.07) is 7.29. The third-order valence-electron chi connectivity index (χ3n) is 3.05. The Labute approximate surface area is 135 Å². The summed E-state index contributed by atoms with van der Waals surface area (Å²) in [6.45, 7) is 6.32. The maximum absolute atomic E-state index is 12.0. The maximum Gasteiger partial charge on any atom is 0.270 e. The van der Waals surface area contributed by atoms with Gasteiger partial charge in [0.05, 0.1) is 0 Å². The Morgan fingerprint density at radius 1 is 1.23 bits per heavy atom. The van der Waals surface area contributed by atoms with Crippen molar-refractivity contribution in [2.45, 2.75) is 27.2 Å². The van der Waals surface area contributed by atoms with Gasteiger partial charge in [-0.1, -0.05) is 24.6 Å². The number of benzene rings is 1. The van der Waals surface area contributed by atoms with E-state index in [0.29, 0.717) is 28.9 Å². The molecule has 1 heterocycles. The zero-order valence-electron chi connectivity index (χ0n) is 12.9. The van der Waals surface area contributed by atoms with E-state index in [1.165, 1.54) is 0 Å². The molecule has 0 saturated heterocycles. The molecule has 116 valence electrons. The molecule has 22 heavy (non-hydrogen) atoms. The molecule has 1 aromatic heterocycles. The van der Waals surface area contributed by atoms with Crippen LogP contribution in [0.2, 0.25) is 5.02 Å². The SMILES string of the molecule is CCCNC(=O)c1cc(Nc2ccc(C)c(Cl)c2)nc(C)n1. The summed E-state index contributed by atoms with van der Waals surface area (Å²) >= 11 is 6.11. The molecule has 0 bridgehead atoms. The van der Waals surface area contributed by atoms with Crippen molar-refractivity contribution in [3.05, 3.63) is 46.4 Å². The van der Waals surface area contributed by atoms with Crippen LogP contribution in [0, 0.1) is 13.8 Å². The first-order valence-corrected chi connectivity index (χ1v) is 7.54. The fourth-order valence-corrected chi connectivity index (χ4v) is 2.08. The molecule has 0 spiro atoms. The minimum absolute atomic E-state index is 0.197. The van der Waals surface area contributed by atoms with E-state index in [-0.39, 0.29) is 5.91 Å². The lowest BCUT2D eigenvalue weighted by Gasteiger charge is -2.10. The highest BCUT2D eigenvalue weighted by atomic mass is 35.5. The molecule has 0 aliphatic heterocycles.